The van der Waals surface area contributed by atoms with Crippen LogP contribution in [0.1, 0.15) is 30.0 Å². The van der Waals surface area contributed by atoms with E-state index in [2.05, 4.69) is 10.3 Å². The highest BCUT2D eigenvalue weighted by atomic mass is 35.5. The van der Waals surface area contributed by atoms with Gasteiger partial charge in [0, 0.05) is 23.6 Å². The standard InChI is InChI=1S/C26H20ClFN4O2S/c27-18-8-12-20(13-9-18)29-24(33)15-23-25(34)30-26(35-23)32-22(17-6-10-19(28)11-7-17)14-21(31-32)16-4-2-1-3-5-16/h1-13,22-23H,14-15H2,(H,29,33)/t22-,23-/m0/s1. The monoisotopic (exact) mass is 506 g/mol. The quantitative estimate of drug-likeness (QED) is 0.484. The lowest BCUT2D eigenvalue weighted by Crippen LogP contribution is -2.25. The van der Waals surface area contributed by atoms with Crippen LogP contribution in [0.15, 0.2) is 89.0 Å². The van der Waals surface area contributed by atoms with Gasteiger partial charge in [0.25, 0.3) is 5.91 Å². The summed E-state index contributed by atoms with van der Waals surface area (Å²) in [4.78, 5) is 29.5. The lowest BCUT2D eigenvalue weighted by molar-refractivity contribution is -0.121. The zero-order valence-electron chi connectivity index (χ0n) is 18.4. The van der Waals surface area contributed by atoms with Crippen LogP contribution >= 0.6 is 23.4 Å². The van der Waals surface area contributed by atoms with Gasteiger partial charge < -0.3 is 5.32 Å². The number of rotatable bonds is 5. The van der Waals surface area contributed by atoms with E-state index in [0.717, 1.165) is 16.8 Å². The summed E-state index contributed by atoms with van der Waals surface area (Å²) < 4.78 is 13.6. The van der Waals surface area contributed by atoms with Crippen molar-refractivity contribution in [2.75, 3.05) is 5.32 Å². The first-order valence-corrected chi connectivity index (χ1v) is 12.2. The van der Waals surface area contributed by atoms with Gasteiger partial charge in [0.1, 0.15) is 11.1 Å². The number of aliphatic imine (C=N–C) groups is 1. The van der Waals surface area contributed by atoms with Gasteiger partial charge in [-0.2, -0.15) is 10.1 Å². The predicted molar refractivity (Wildman–Crippen MR) is 137 cm³/mol. The fourth-order valence-electron chi connectivity index (χ4n) is 3.95. The van der Waals surface area contributed by atoms with Crippen LogP contribution in [0.5, 0.6) is 0 Å². The Hall–Kier alpha value is -3.49. The average Bonchev–Trinajstić information content (AvgIpc) is 3.46. The minimum absolute atomic E-state index is 0.0244. The number of amidine groups is 1. The van der Waals surface area contributed by atoms with Gasteiger partial charge in [-0.25, -0.2) is 9.40 Å². The third kappa shape index (κ3) is 5.28. The third-order valence-electron chi connectivity index (χ3n) is 5.70. The fraction of sp³-hybridized carbons (Fsp3) is 0.154. The van der Waals surface area contributed by atoms with Crippen molar-refractivity contribution in [3.63, 3.8) is 0 Å². The molecule has 0 spiro atoms. The lowest BCUT2D eigenvalue weighted by Gasteiger charge is -2.23. The van der Waals surface area contributed by atoms with Crippen molar-refractivity contribution >= 4 is 51.7 Å². The molecule has 6 nitrogen and oxygen atoms in total. The molecule has 9 heteroatoms. The van der Waals surface area contributed by atoms with E-state index in [0.29, 0.717) is 22.3 Å². The summed E-state index contributed by atoms with van der Waals surface area (Å²) in [5.74, 6) is -0.992. The SMILES string of the molecule is O=C(C[C@@H]1SC(N2N=C(c3ccccc3)C[C@H]2c2ccc(F)cc2)=NC1=O)Nc1ccc(Cl)cc1. The zero-order chi connectivity index (χ0) is 24.4. The molecule has 3 aromatic rings. The molecule has 0 unspecified atom stereocenters. The molecule has 0 fully saturated rings. The minimum atomic E-state index is -0.651. The van der Waals surface area contributed by atoms with Gasteiger partial charge in [0.2, 0.25) is 5.91 Å². The van der Waals surface area contributed by atoms with Crippen LogP contribution in [0.2, 0.25) is 5.02 Å². The Kier molecular flexibility index (Phi) is 6.66. The van der Waals surface area contributed by atoms with E-state index in [-0.39, 0.29) is 30.1 Å². The van der Waals surface area contributed by atoms with E-state index in [1.165, 1.54) is 23.9 Å². The van der Waals surface area contributed by atoms with Crippen LogP contribution in [0.3, 0.4) is 0 Å². The number of amides is 2. The van der Waals surface area contributed by atoms with E-state index in [9.17, 15) is 14.0 Å². The molecule has 5 rings (SSSR count). The molecule has 2 atom stereocenters. The van der Waals surface area contributed by atoms with Gasteiger partial charge >= 0.3 is 0 Å². The first-order valence-electron chi connectivity index (χ1n) is 11.0. The van der Waals surface area contributed by atoms with E-state index < -0.39 is 5.25 Å². The summed E-state index contributed by atoms with van der Waals surface area (Å²) in [5, 5.41) is 9.63. The van der Waals surface area contributed by atoms with Crippen LogP contribution in [0, 0.1) is 5.82 Å². The van der Waals surface area contributed by atoms with Gasteiger partial charge in [-0.15, -0.1) is 0 Å². The van der Waals surface area contributed by atoms with Crippen molar-refractivity contribution in [2.45, 2.75) is 24.1 Å². The first kappa shape index (κ1) is 23.3. The maximum atomic E-state index is 13.6. The van der Waals surface area contributed by atoms with Crippen LogP contribution in [-0.4, -0.2) is 33.0 Å². The summed E-state index contributed by atoms with van der Waals surface area (Å²) in [6.45, 7) is 0. The van der Waals surface area contributed by atoms with Crippen LogP contribution in [0.25, 0.3) is 0 Å². The summed E-state index contributed by atoms with van der Waals surface area (Å²) >= 11 is 7.11. The normalized spacial score (nSPS) is 19.5. The summed E-state index contributed by atoms with van der Waals surface area (Å²) in [6, 6.07) is 22.5. The maximum absolute atomic E-state index is 13.6. The lowest BCUT2D eigenvalue weighted by atomic mass is 9.99. The van der Waals surface area contributed by atoms with Gasteiger partial charge in [-0.05, 0) is 47.5 Å². The van der Waals surface area contributed by atoms with Crippen molar-refractivity contribution in [3.8, 4) is 0 Å². The summed E-state index contributed by atoms with van der Waals surface area (Å²) in [6.07, 6.45) is 0.550. The number of carbonyl (C=O) groups is 2. The van der Waals surface area contributed by atoms with Gasteiger partial charge in [-0.1, -0.05) is 65.8 Å². The van der Waals surface area contributed by atoms with Crippen molar-refractivity contribution in [2.24, 2.45) is 10.1 Å². The number of carbonyl (C=O) groups excluding carboxylic acids is 2. The minimum Gasteiger partial charge on any atom is -0.326 e. The Morgan fingerprint density at radius 3 is 2.49 bits per heavy atom. The second-order valence-electron chi connectivity index (χ2n) is 8.13. The van der Waals surface area contributed by atoms with Gasteiger partial charge in [0.05, 0.1) is 11.8 Å². The fourth-order valence-corrected chi connectivity index (χ4v) is 5.14. The highest BCUT2D eigenvalue weighted by molar-refractivity contribution is 8.15. The first-order chi connectivity index (χ1) is 17.0. The zero-order valence-corrected chi connectivity index (χ0v) is 20.0. The largest absolute Gasteiger partial charge is 0.326 e. The van der Waals surface area contributed by atoms with Gasteiger partial charge in [-0.3, -0.25) is 9.59 Å². The molecule has 0 saturated heterocycles. The average molecular weight is 507 g/mol. The molecule has 2 aliphatic rings. The van der Waals surface area contributed by atoms with Crippen LogP contribution < -0.4 is 5.32 Å². The number of benzene rings is 3. The number of hydrazone groups is 1. The molecule has 176 valence electrons. The molecule has 0 radical (unpaired) electrons. The van der Waals surface area contributed by atoms with Gasteiger partial charge in [0.15, 0.2) is 5.17 Å². The van der Waals surface area contributed by atoms with Crippen molar-refractivity contribution in [1.82, 2.24) is 5.01 Å². The number of nitrogens with zero attached hydrogens (tertiary/aromatic N) is 3. The van der Waals surface area contributed by atoms with E-state index in [4.69, 9.17) is 16.7 Å². The number of hydrogen-bond donors (Lipinski definition) is 1. The van der Waals surface area contributed by atoms with E-state index in [1.807, 2.05) is 30.3 Å². The van der Waals surface area contributed by atoms with Crippen LogP contribution in [0.4, 0.5) is 10.1 Å². The second-order valence-corrected chi connectivity index (χ2v) is 9.73. The van der Waals surface area contributed by atoms with E-state index >= 15 is 0 Å². The third-order valence-corrected chi connectivity index (χ3v) is 7.09. The Morgan fingerprint density at radius 2 is 1.77 bits per heavy atom. The molecule has 2 aliphatic heterocycles. The molecule has 2 heterocycles. The Labute approximate surface area is 210 Å². The number of hydrogen-bond acceptors (Lipinski definition) is 5. The van der Waals surface area contributed by atoms with Crippen molar-refractivity contribution < 1.29 is 14.0 Å². The molecular formula is C26H20ClFN4O2S. The van der Waals surface area contributed by atoms with Crippen molar-refractivity contribution in [1.29, 1.82) is 0 Å². The molecule has 3 aromatic carbocycles. The molecule has 0 bridgehead atoms. The molecule has 35 heavy (non-hydrogen) atoms. The Bertz CT molecular complexity index is 1310. The molecular weight excluding hydrogens is 487 g/mol. The number of anilines is 1. The molecule has 1 N–H and O–H groups in total. The number of nitrogens with one attached hydrogen (secondary N) is 1. The summed E-state index contributed by atoms with van der Waals surface area (Å²) in [5.41, 5.74) is 3.28. The topological polar surface area (TPSA) is 74.1 Å². The molecule has 0 aromatic heterocycles. The Morgan fingerprint density at radius 1 is 1.06 bits per heavy atom. The summed E-state index contributed by atoms with van der Waals surface area (Å²) in [7, 11) is 0. The van der Waals surface area contributed by atoms with E-state index in [1.54, 1.807) is 41.4 Å². The van der Waals surface area contributed by atoms with Crippen molar-refractivity contribution in [3.05, 3.63) is 101 Å². The highest BCUT2D eigenvalue weighted by Crippen LogP contribution is 2.38. The predicted octanol–water partition coefficient (Wildman–Crippen LogP) is 5.66. The smallest absolute Gasteiger partial charge is 0.262 e. The molecule has 2 amide bonds. The Balaban J connectivity index is 1.34. The second kappa shape index (κ2) is 10.0. The number of halogens is 2. The van der Waals surface area contributed by atoms with Crippen LogP contribution in [-0.2, 0) is 9.59 Å². The maximum Gasteiger partial charge on any atom is 0.262 e. The molecule has 0 aliphatic carbocycles. The molecule has 0 saturated carbocycles. The highest BCUT2D eigenvalue weighted by Gasteiger charge is 2.39. The number of thioether (sulfide) groups is 1.